The Morgan fingerprint density at radius 2 is 1.86 bits per heavy atom. The Balaban J connectivity index is 1.97. The lowest BCUT2D eigenvalue weighted by atomic mass is 10.1. The molecule has 0 unspecified atom stereocenters. The Bertz CT molecular complexity index is 1210. The largest absolute Gasteiger partial charge is 0.478 e. The highest BCUT2D eigenvalue weighted by atomic mass is 16.4. The van der Waals surface area contributed by atoms with Crippen molar-refractivity contribution in [3.8, 4) is 11.3 Å². The van der Waals surface area contributed by atoms with Crippen LogP contribution in [0, 0.1) is 6.92 Å². The van der Waals surface area contributed by atoms with Gasteiger partial charge in [-0.3, -0.25) is 5.10 Å². The van der Waals surface area contributed by atoms with E-state index >= 15 is 0 Å². The number of hydrogen-bond donors (Lipinski definition) is 2. The Morgan fingerprint density at radius 1 is 1.07 bits per heavy atom. The first-order valence-electron chi connectivity index (χ1n) is 9.08. The maximum absolute atomic E-state index is 11.3. The molecule has 0 amide bonds. The van der Waals surface area contributed by atoms with Gasteiger partial charge in [0.25, 0.3) is 0 Å². The molecule has 0 spiro atoms. The van der Waals surface area contributed by atoms with Crippen LogP contribution in [-0.2, 0) is 0 Å². The molecule has 0 atom stereocenters. The quantitative estimate of drug-likeness (QED) is 0.559. The first kappa shape index (κ1) is 17.9. The molecule has 142 valence electrons. The van der Waals surface area contributed by atoms with Gasteiger partial charge in [-0.05, 0) is 45.0 Å². The molecule has 28 heavy (non-hydrogen) atoms. The molecule has 7 nitrogen and oxygen atoms in total. The van der Waals surface area contributed by atoms with Gasteiger partial charge in [-0.1, -0.05) is 12.1 Å². The number of anilines is 1. The zero-order chi connectivity index (χ0) is 20.0. The summed E-state index contributed by atoms with van der Waals surface area (Å²) in [6.45, 7) is 6.13. The molecular formula is C21H21N5O2. The lowest BCUT2D eigenvalue weighted by Crippen LogP contribution is -2.27. The zero-order valence-corrected chi connectivity index (χ0v) is 16.2. The van der Waals surface area contributed by atoms with Crippen molar-refractivity contribution in [2.24, 2.45) is 0 Å². The Hall–Kier alpha value is -3.48. The Kier molecular flexibility index (Phi) is 4.22. The number of nitrogens with one attached hydrogen (secondary N) is 1. The molecule has 4 rings (SSSR count). The van der Waals surface area contributed by atoms with Crippen molar-refractivity contribution in [3.05, 3.63) is 47.7 Å². The number of aromatic carboxylic acids is 1. The van der Waals surface area contributed by atoms with Gasteiger partial charge in [0.05, 0.1) is 22.1 Å². The molecule has 0 aliphatic heterocycles. The van der Waals surface area contributed by atoms with Crippen LogP contribution in [0.2, 0.25) is 0 Å². The fourth-order valence-electron chi connectivity index (χ4n) is 3.16. The normalized spacial score (nSPS) is 11.5. The van der Waals surface area contributed by atoms with Crippen LogP contribution >= 0.6 is 0 Å². The van der Waals surface area contributed by atoms with E-state index in [2.05, 4.69) is 24.0 Å². The van der Waals surface area contributed by atoms with E-state index in [9.17, 15) is 9.90 Å². The molecule has 0 saturated heterocycles. The second kappa shape index (κ2) is 6.60. The first-order valence-corrected chi connectivity index (χ1v) is 9.08. The number of nitrogens with zero attached hydrogens (tertiary/aromatic N) is 4. The van der Waals surface area contributed by atoms with Gasteiger partial charge >= 0.3 is 5.97 Å². The van der Waals surface area contributed by atoms with Gasteiger partial charge in [0.15, 0.2) is 5.82 Å². The van der Waals surface area contributed by atoms with Crippen LogP contribution < -0.4 is 4.90 Å². The lowest BCUT2D eigenvalue weighted by molar-refractivity contribution is 0.0697. The maximum Gasteiger partial charge on any atom is 0.335 e. The Morgan fingerprint density at radius 3 is 2.57 bits per heavy atom. The van der Waals surface area contributed by atoms with E-state index in [1.807, 2.05) is 37.1 Å². The Labute approximate surface area is 162 Å². The summed E-state index contributed by atoms with van der Waals surface area (Å²) in [6.07, 6.45) is 0. The number of fused-ring (bicyclic) bond motifs is 2. The van der Waals surface area contributed by atoms with Crippen molar-refractivity contribution in [1.29, 1.82) is 0 Å². The van der Waals surface area contributed by atoms with Crippen molar-refractivity contribution >= 4 is 33.7 Å². The summed E-state index contributed by atoms with van der Waals surface area (Å²) in [5.41, 5.74) is 4.96. The number of carboxylic acids is 1. The van der Waals surface area contributed by atoms with Crippen molar-refractivity contribution in [2.75, 3.05) is 11.9 Å². The number of aromatic amines is 1. The van der Waals surface area contributed by atoms with Crippen LogP contribution in [0.5, 0.6) is 0 Å². The van der Waals surface area contributed by atoms with Gasteiger partial charge < -0.3 is 10.0 Å². The third-order valence-electron chi connectivity index (χ3n) is 5.02. The van der Waals surface area contributed by atoms with Gasteiger partial charge in [0.2, 0.25) is 0 Å². The lowest BCUT2D eigenvalue weighted by Gasteiger charge is -2.25. The average Bonchev–Trinajstić information content (AvgIpc) is 3.06. The van der Waals surface area contributed by atoms with Crippen LogP contribution in [0.15, 0.2) is 36.4 Å². The molecule has 2 heterocycles. The number of hydrogen-bond acceptors (Lipinski definition) is 5. The first-order chi connectivity index (χ1) is 13.3. The molecule has 4 aromatic rings. The fraction of sp³-hybridized carbons (Fsp3) is 0.238. The predicted octanol–water partition coefficient (Wildman–Crippen LogP) is 4.02. The molecule has 2 aromatic heterocycles. The summed E-state index contributed by atoms with van der Waals surface area (Å²) in [5.74, 6) is -0.275. The highest BCUT2D eigenvalue weighted by molar-refractivity contribution is 5.94. The minimum Gasteiger partial charge on any atom is -0.478 e. The molecule has 0 fully saturated rings. The number of carbonyl (C=O) groups is 1. The number of aryl methyl sites for hydroxylation is 1. The third kappa shape index (κ3) is 2.94. The minimum atomic E-state index is -0.981. The van der Waals surface area contributed by atoms with E-state index in [1.54, 1.807) is 18.2 Å². The van der Waals surface area contributed by atoms with Crippen LogP contribution in [0.4, 0.5) is 5.82 Å². The molecule has 0 saturated carbocycles. The topological polar surface area (TPSA) is 95.0 Å². The molecular weight excluding hydrogens is 354 g/mol. The van der Waals surface area contributed by atoms with Crippen LogP contribution in [0.1, 0.15) is 29.9 Å². The molecule has 7 heteroatoms. The van der Waals surface area contributed by atoms with E-state index in [4.69, 9.17) is 9.97 Å². The van der Waals surface area contributed by atoms with Gasteiger partial charge in [-0.15, -0.1) is 0 Å². The summed E-state index contributed by atoms with van der Waals surface area (Å²) in [5, 5.41) is 17.7. The zero-order valence-electron chi connectivity index (χ0n) is 16.2. The van der Waals surface area contributed by atoms with E-state index < -0.39 is 5.97 Å². The standard InChI is InChI=1S/C21H21N5O2/c1-11(2)26(4)20-19(13-5-7-15-12(3)24-25-17(15)9-13)22-16-8-6-14(21(27)28)10-18(16)23-20/h5-11H,1-4H3,(H,24,25)(H,27,28). The maximum atomic E-state index is 11.3. The van der Waals surface area contributed by atoms with Gasteiger partial charge in [-0.25, -0.2) is 14.8 Å². The summed E-state index contributed by atoms with van der Waals surface area (Å²) < 4.78 is 0. The fourth-order valence-corrected chi connectivity index (χ4v) is 3.16. The summed E-state index contributed by atoms with van der Waals surface area (Å²) in [7, 11) is 1.96. The van der Waals surface area contributed by atoms with Crippen LogP contribution in [0.25, 0.3) is 33.2 Å². The number of rotatable bonds is 4. The van der Waals surface area contributed by atoms with Crippen molar-refractivity contribution < 1.29 is 9.90 Å². The molecule has 0 radical (unpaired) electrons. The minimum absolute atomic E-state index is 0.195. The SMILES string of the molecule is Cc1[nH]nc2cc(-c3nc4ccc(C(=O)O)cc4nc3N(C)C(C)C)ccc12. The van der Waals surface area contributed by atoms with Crippen molar-refractivity contribution in [1.82, 2.24) is 20.2 Å². The summed E-state index contributed by atoms with van der Waals surface area (Å²) >= 11 is 0. The van der Waals surface area contributed by atoms with E-state index in [1.165, 1.54) is 0 Å². The highest BCUT2D eigenvalue weighted by Gasteiger charge is 2.18. The number of benzene rings is 2. The van der Waals surface area contributed by atoms with Crippen LogP contribution in [-0.4, -0.2) is 44.3 Å². The van der Waals surface area contributed by atoms with Crippen LogP contribution in [0.3, 0.4) is 0 Å². The molecule has 2 N–H and O–H groups in total. The van der Waals surface area contributed by atoms with E-state index in [-0.39, 0.29) is 11.6 Å². The summed E-state index contributed by atoms with van der Waals surface area (Å²) in [4.78, 5) is 23.0. The monoisotopic (exact) mass is 375 g/mol. The van der Waals surface area contributed by atoms with Crippen molar-refractivity contribution in [2.45, 2.75) is 26.8 Å². The molecule has 0 aliphatic rings. The number of H-pyrrole nitrogens is 1. The predicted molar refractivity (Wildman–Crippen MR) is 110 cm³/mol. The molecule has 2 aromatic carbocycles. The molecule has 0 aliphatic carbocycles. The van der Waals surface area contributed by atoms with E-state index in [0.29, 0.717) is 16.9 Å². The second-order valence-corrected chi connectivity index (χ2v) is 7.19. The third-order valence-corrected chi connectivity index (χ3v) is 5.02. The average molecular weight is 375 g/mol. The number of aromatic nitrogens is 4. The number of carboxylic acid groups (broad SMARTS) is 1. The summed E-state index contributed by atoms with van der Waals surface area (Å²) in [6, 6.07) is 11.1. The second-order valence-electron chi connectivity index (χ2n) is 7.19. The molecule has 0 bridgehead atoms. The smallest absolute Gasteiger partial charge is 0.335 e. The van der Waals surface area contributed by atoms with Gasteiger partial charge in [0, 0.05) is 29.7 Å². The van der Waals surface area contributed by atoms with E-state index in [0.717, 1.165) is 27.9 Å². The van der Waals surface area contributed by atoms with Gasteiger partial charge in [0.1, 0.15) is 5.69 Å². The van der Waals surface area contributed by atoms with Crippen molar-refractivity contribution in [3.63, 3.8) is 0 Å². The van der Waals surface area contributed by atoms with Gasteiger partial charge in [-0.2, -0.15) is 5.10 Å². The highest BCUT2D eigenvalue weighted by Crippen LogP contribution is 2.32.